The van der Waals surface area contributed by atoms with Crippen molar-refractivity contribution in [3.63, 3.8) is 0 Å². The van der Waals surface area contributed by atoms with E-state index >= 15 is 0 Å². The van der Waals surface area contributed by atoms with Crippen molar-refractivity contribution in [1.82, 2.24) is 0 Å². The highest BCUT2D eigenvalue weighted by Gasteiger charge is 2.19. The van der Waals surface area contributed by atoms with Crippen LogP contribution in [0, 0.1) is 25.5 Å². The zero-order valence-corrected chi connectivity index (χ0v) is 10.1. The molecule has 3 heteroatoms. The minimum Gasteiger partial charge on any atom is -0.207 e. The molecule has 0 spiro atoms. The Morgan fingerprint density at radius 1 is 1.06 bits per heavy atom. The van der Waals surface area contributed by atoms with Gasteiger partial charge in [-0.1, -0.05) is 0 Å². The number of hydrogen-bond donors (Lipinski definition) is 0. The van der Waals surface area contributed by atoms with Gasteiger partial charge in [0, 0.05) is 25.1 Å². The fraction of sp³-hybridized carbons (Fsp3) is 0.214. The maximum Gasteiger partial charge on any atom is 0.215 e. The van der Waals surface area contributed by atoms with Gasteiger partial charge in [0.1, 0.15) is 18.7 Å². The summed E-state index contributed by atoms with van der Waals surface area (Å²) in [7, 11) is 1.87. The first-order valence-electron chi connectivity index (χ1n) is 5.42. The van der Waals surface area contributed by atoms with Crippen LogP contribution in [0.15, 0.2) is 30.3 Å². The van der Waals surface area contributed by atoms with Crippen LogP contribution < -0.4 is 4.57 Å². The van der Waals surface area contributed by atoms with Crippen LogP contribution in [0.25, 0.3) is 11.3 Å². The minimum atomic E-state index is -0.543. The van der Waals surface area contributed by atoms with E-state index < -0.39 is 11.6 Å². The van der Waals surface area contributed by atoms with E-state index in [-0.39, 0.29) is 0 Å². The molecule has 0 radical (unpaired) electrons. The van der Waals surface area contributed by atoms with Crippen LogP contribution >= 0.6 is 0 Å². The molecule has 88 valence electrons. The van der Waals surface area contributed by atoms with Gasteiger partial charge < -0.3 is 0 Å². The van der Waals surface area contributed by atoms with Crippen molar-refractivity contribution >= 4 is 0 Å². The lowest BCUT2D eigenvalue weighted by molar-refractivity contribution is -0.666. The predicted molar refractivity (Wildman–Crippen MR) is 62.4 cm³/mol. The van der Waals surface area contributed by atoms with Gasteiger partial charge in [-0.05, 0) is 24.6 Å². The first-order valence-corrected chi connectivity index (χ1v) is 5.42. The van der Waals surface area contributed by atoms with E-state index in [1.165, 1.54) is 6.07 Å². The van der Waals surface area contributed by atoms with Crippen molar-refractivity contribution in [2.24, 2.45) is 7.05 Å². The monoisotopic (exact) mass is 234 g/mol. The Kier molecular flexibility index (Phi) is 2.92. The van der Waals surface area contributed by atoms with Crippen LogP contribution in [0.4, 0.5) is 8.78 Å². The van der Waals surface area contributed by atoms with E-state index in [1.54, 1.807) is 6.92 Å². The van der Waals surface area contributed by atoms with Gasteiger partial charge >= 0.3 is 0 Å². The minimum absolute atomic E-state index is 0.456. The molecule has 0 unspecified atom stereocenters. The highest BCUT2D eigenvalue weighted by molar-refractivity contribution is 5.61. The van der Waals surface area contributed by atoms with Crippen molar-refractivity contribution in [3.8, 4) is 11.3 Å². The maximum atomic E-state index is 13.9. The normalized spacial score (nSPS) is 10.6. The number of rotatable bonds is 1. The van der Waals surface area contributed by atoms with Crippen molar-refractivity contribution in [1.29, 1.82) is 0 Å². The number of aromatic nitrogens is 1. The SMILES string of the molecule is Cc1cc(F)cc(F)c1-c1cccc(C)[n+]1C. The highest BCUT2D eigenvalue weighted by Crippen LogP contribution is 2.24. The van der Waals surface area contributed by atoms with Gasteiger partial charge in [-0.2, -0.15) is 4.57 Å². The smallest absolute Gasteiger partial charge is 0.207 e. The Bertz CT molecular complexity index is 553. The van der Waals surface area contributed by atoms with E-state index in [2.05, 4.69) is 0 Å². The van der Waals surface area contributed by atoms with Gasteiger partial charge in [-0.3, -0.25) is 0 Å². The number of halogens is 2. The second-order valence-electron chi connectivity index (χ2n) is 4.19. The summed E-state index contributed by atoms with van der Waals surface area (Å²) in [6, 6.07) is 7.91. The molecule has 2 aromatic rings. The van der Waals surface area contributed by atoms with Gasteiger partial charge in [0.2, 0.25) is 5.69 Å². The maximum absolute atomic E-state index is 13.9. The molecule has 0 aliphatic heterocycles. The Labute approximate surface area is 99.3 Å². The predicted octanol–water partition coefficient (Wildman–Crippen LogP) is 3.07. The summed E-state index contributed by atoms with van der Waals surface area (Å²) in [6.07, 6.45) is 0. The van der Waals surface area contributed by atoms with Gasteiger partial charge in [0.15, 0.2) is 5.69 Å². The lowest BCUT2D eigenvalue weighted by Gasteiger charge is -2.07. The molecule has 1 aromatic carbocycles. The molecule has 1 aromatic heterocycles. The largest absolute Gasteiger partial charge is 0.215 e. The van der Waals surface area contributed by atoms with E-state index in [1.807, 2.05) is 36.7 Å². The fourth-order valence-corrected chi connectivity index (χ4v) is 1.97. The van der Waals surface area contributed by atoms with Crippen LogP contribution in [0.1, 0.15) is 11.3 Å². The van der Waals surface area contributed by atoms with Gasteiger partial charge in [-0.15, -0.1) is 0 Å². The Morgan fingerprint density at radius 2 is 1.76 bits per heavy atom. The summed E-state index contributed by atoms with van der Waals surface area (Å²) < 4.78 is 28.8. The molecule has 17 heavy (non-hydrogen) atoms. The van der Waals surface area contributed by atoms with Crippen molar-refractivity contribution in [2.75, 3.05) is 0 Å². The summed E-state index contributed by atoms with van der Waals surface area (Å²) in [5, 5.41) is 0. The first kappa shape index (κ1) is 11.7. The zero-order valence-electron chi connectivity index (χ0n) is 10.1. The molecule has 0 aliphatic carbocycles. The fourth-order valence-electron chi connectivity index (χ4n) is 1.97. The Balaban J connectivity index is 2.73. The molecular formula is C14H14F2N+. The number of benzene rings is 1. The summed E-state index contributed by atoms with van der Waals surface area (Å²) in [6.45, 7) is 3.66. The summed E-state index contributed by atoms with van der Waals surface area (Å²) in [5.41, 5.74) is 2.83. The molecule has 2 rings (SSSR count). The highest BCUT2D eigenvalue weighted by atomic mass is 19.1. The van der Waals surface area contributed by atoms with Gasteiger partial charge in [-0.25, -0.2) is 8.78 Å². The molecule has 0 bridgehead atoms. The topological polar surface area (TPSA) is 3.88 Å². The van der Waals surface area contributed by atoms with Crippen molar-refractivity contribution < 1.29 is 13.3 Å². The van der Waals surface area contributed by atoms with E-state index in [0.29, 0.717) is 11.1 Å². The first-order chi connectivity index (χ1) is 8.00. The Morgan fingerprint density at radius 3 is 2.41 bits per heavy atom. The second kappa shape index (κ2) is 4.24. The number of hydrogen-bond acceptors (Lipinski definition) is 0. The van der Waals surface area contributed by atoms with Crippen LogP contribution in [-0.4, -0.2) is 0 Å². The van der Waals surface area contributed by atoms with E-state index in [0.717, 1.165) is 17.5 Å². The number of nitrogens with zero attached hydrogens (tertiary/aromatic N) is 1. The van der Waals surface area contributed by atoms with Crippen LogP contribution in [0.5, 0.6) is 0 Å². The molecular weight excluding hydrogens is 220 g/mol. The molecule has 1 heterocycles. The summed E-state index contributed by atoms with van der Waals surface area (Å²) >= 11 is 0. The van der Waals surface area contributed by atoms with Crippen molar-refractivity contribution in [2.45, 2.75) is 13.8 Å². The third-order valence-electron chi connectivity index (χ3n) is 2.99. The molecule has 0 saturated carbocycles. The third-order valence-corrected chi connectivity index (χ3v) is 2.99. The molecule has 0 atom stereocenters. The quantitative estimate of drug-likeness (QED) is 0.668. The Hall–Kier alpha value is -1.77. The second-order valence-corrected chi connectivity index (χ2v) is 4.19. The standard InChI is InChI=1S/C14H14F2N/c1-9-7-11(15)8-12(16)14(9)13-6-4-5-10(2)17(13)3/h4-8H,1-3H3/q+1. The van der Waals surface area contributed by atoms with Gasteiger partial charge in [0.25, 0.3) is 0 Å². The molecule has 0 aliphatic rings. The zero-order chi connectivity index (χ0) is 12.6. The van der Waals surface area contributed by atoms with Gasteiger partial charge in [0.05, 0.1) is 5.56 Å². The number of pyridine rings is 1. The molecule has 0 fully saturated rings. The van der Waals surface area contributed by atoms with Crippen LogP contribution in [-0.2, 0) is 7.05 Å². The lowest BCUT2D eigenvalue weighted by Crippen LogP contribution is -2.34. The number of aryl methyl sites for hydroxylation is 2. The molecule has 1 nitrogen and oxygen atoms in total. The van der Waals surface area contributed by atoms with E-state index in [9.17, 15) is 8.78 Å². The lowest BCUT2D eigenvalue weighted by atomic mass is 10.0. The van der Waals surface area contributed by atoms with E-state index in [4.69, 9.17) is 0 Å². The average Bonchev–Trinajstić information content (AvgIpc) is 2.23. The van der Waals surface area contributed by atoms with Crippen LogP contribution in [0.3, 0.4) is 0 Å². The third kappa shape index (κ3) is 2.05. The molecule has 0 saturated heterocycles. The average molecular weight is 234 g/mol. The summed E-state index contributed by atoms with van der Waals surface area (Å²) in [5.74, 6) is -1.07. The molecule has 0 amide bonds. The summed E-state index contributed by atoms with van der Waals surface area (Å²) in [4.78, 5) is 0. The van der Waals surface area contributed by atoms with Crippen LogP contribution in [0.2, 0.25) is 0 Å². The molecule has 0 N–H and O–H groups in total. The van der Waals surface area contributed by atoms with Crippen molar-refractivity contribution in [3.05, 3.63) is 53.2 Å².